The molecule has 1 aliphatic heterocycles. The van der Waals surface area contributed by atoms with E-state index in [4.69, 9.17) is 10.5 Å². The summed E-state index contributed by atoms with van der Waals surface area (Å²) in [4.78, 5) is 26.1. The quantitative estimate of drug-likeness (QED) is 0.267. The fourth-order valence-electron chi connectivity index (χ4n) is 6.46. The SMILES string of the molecule is Cc1cc(C(N)=O)ccc1-c1cc(C2=C(CN3C(=O)O[C@H](c4cc(C(F)(F)F)cc(C(F)(F)F)c4)C3C)CC(C)(C)CC2)ccc1F. The van der Waals surface area contributed by atoms with E-state index < -0.39 is 59.0 Å². The normalized spacial score (nSPS) is 20.1. The van der Waals surface area contributed by atoms with Gasteiger partial charge in [0.25, 0.3) is 0 Å². The fraction of sp³-hybridized carbons (Fsp3) is 0.371. The maximum Gasteiger partial charge on any atom is 0.416 e. The van der Waals surface area contributed by atoms with Gasteiger partial charge in [0.2, 0.25) is 5.91 Å². The molecule has 250 valence electrons. The van der Waals surface area contributed by atoms with E-state index in [1.54, 1.807) is 31.2 Å². The molecule has 0 spiro atoms. The molecule has 2 N–H and O–H groups in total. The molecule has 1 aliphatic carbocycles. The summed E-state index contributed by atoms with van der Waals surface area (Å²) in [5, 5.41) is 0. The smallest absolute Gasteiger partial charge is 0.416 e. The van der Waals surface area contributed by atoms with Gasteiger partial charge < -0.3 is 10.5 Å². The van der Waals surface area contributed by atoms with Crippen LogP contribution in [0.1, 0.15) is 84.3 Å². The van der Waals surface area contributed by atoms with Crippen LogP contribution in [0.25, 0.3) is 16.7 Å². The van der Waals surface area contributed by atoms with Gasteiger partial charge in [-0.15, -0.1) is 0 Å². The molecule has 0 saturated carbocycles. The molecule has 5 nitrogen and oxygen atoms in total. The summed E-state index contributed by atoms with van der Waals surface area (Å²) in [6.07, 6.45) is -10.5. The number of aryl methyl sites for hydroxylation is 1. The molecule has 2 amide bonds. The number of rotatable bonds is 6. The van der Waals surface area contributed by atoms with Gasteiger partial charge >= 0.3 is 18.4 Å². The minimum atomic E-state index is -5.05. The molecule has 3 aromatic rings. The van der Waals surface area contributed by atoms with Crippen molar-refractivity contribution in [2.75, 3.05) is 6.54 Å². The highest BCUT2D eigenvalue weighted by Gasteiger charge is 2.44. The van der Waals surface area contributed by atoms with Crippen molar-refractivity contribution in [2.24, 2.45) is 11.1 Å². The number of allylic oxidation sites excluding steroid dienone is 1. The van der Waals surface area contributed by atoms with E-state index in [0.29, 0.717) is 47.2 Å². The minimum absolute atomic E-state index is 0.0133. The molecule has 0 radical (unpaired) electrons. The lowest BCUT2D eigenvalue weighted by Crippen LogP contribution is -2.35. The van der Waals surface area contributed by atoms with Crippen molar-refractivity contribution in [2.45, 2.75) is 71.5 Å². The van der Waals surface area contributed by atoms with Gasteiger partial charge in [-0.05, 0) is 114 Å². The van der Waals surface area contributed by atoms with Crippen molar-refractivity contribution in [1.29, 1.82) is 0 Å². The number of carbonyl (C=O) groups excluding carboxylic acids is 2. The monoisotopic (exact) mass is 662 g/mol. The van der Waals surface area contributed by atoms with E-state index in [9.17, 15) is 35.9 Å². The van der Waals surface area contributed by atoms with E-state index in [2.05, 4.69) is 13.8 Å². The van der Waals surface area contributed by atoms with Gasteiger partial charge in [0, 0.05) is 17.7 Å². The summed E-state index contributed by atoms with van der Waals surface area (Å²) in [6.45, 7) is 7.38. The predicted octanol–water partition coefficient (Wildman–Crippen LogP) is 9.48. The van der Waals surface area contributed by atoms with E-state index in [1.807, 2.05) is 0 Å². The van der Waals surface area contributed by atoms with Gasteiger partial charge in [-0.1, -0.05) is 26.0 Å². The zero-order chi connectivity index (χ0) is 34.6. The standard InChI is InChI=1S/C35H33F7N2O3/c1-18-11-21(31(43)45)5-7-26(18)28-14-20(6-8-29(28)36)27-9-10-33(3,4)16-23(27)17-44-19(2)30(47-32(44)46)22-12-24(34(37,38)39)15-25(13-22)35(40,41)42/h5-8,11-15,19,30H,9-10,16-17H2,1-4H3,(H2,43,45)/t19?,30-/m0/s1. The maximum atomic E-state index is 15.2. The Hall–Kier alpha value is -4.35. The number of primary amides is 1. The van der Waals surface area contributed by atoms with Gasteiger partial charge in [-0.2, -0.15) is 26.3 Å². The first-order valence-electron chi connectivity index (χ1n) is 14.9. The molecule has 1 unspecified atom stereocenters. The van der Waals surface area contributed by atoms with E-state index in [0.717, 1.165) is 17.6 Å². The minimum Gasteiger partial charge on any atom is -0.439 e. The zero-order valence-electron chi connectivity index (χ0n) is 26.1. The third-order valence-corrected chi connectivity index (χ3v) is 8.98. The molecule has 1 heterocycles. The molecule has 0 aromatic heterocycles. The first-order valence-corrected chi connectivity index (χ1v) is 14.9. The van der Waals surface area contributed by atoms with Crippen LogP contribution in [-0.2, 0) is 17.1 Å². The summed E-state index contributed by atoms with van der Waals surface area (Å²) in [5.41, 5.74) is 5.99. The Bertz CT molecular complexity index is 1740. The zero-order valence-corrected chi connectivity index (χ0v) is 26.1. The van der Waals surface area contributed by atoms with Crippen molar-refractivity contribution in [3.05, 3.63) is 99.4 Å². The molecule has 12 heteroatoms. The summed E-state index contributed by atoms with van der Waals surface area (Å²) in [7, 11) is 0. The number of nitrogens with zero attached hydrogens (tertiary/aromatic N) is 1. The molecule has 2 atom stereocenters. The first kappa shape index (κ1) is 34.0. The number of hydrogen-bond acceptors (Lipinski definition) is 3. The highest BCUT2D eigenvalue weighted by molar-refractivity contribution is 5.94. The van der Waals surface area contributed by atoms with Gasteiger partial charge in [-0.25, -0.2) is 9.18 Å². The highest BCUT2D eigenvalue weighted by atomic mass is 19.4. The van der Waals surface area contributed by atoms with Crippen LogP contribution >= 0.6 is 0 Å². The molecular weight excluding hydrogens is 629 g/mol. The fourth-order valence-corrected chi connectivity index (χ4v) is 6.46. The third kappa shape index (κ3) is 7.01. The second kappa shape index (κ2) is 12.0. The van der Waals surface area contributed by atoms with Gasteiger partial charge in [0.15, 0.2) is 0 Å². The topological polar surface area (TPSA) is 72.6 Å². The number of halogens is 7. The first-order chi connectivity index (χ1) is 21.7. The molecule has 0 bridgehead atoms. The van der Waals surface area contributed by atoms with Gasteiger partial charge in [0.05, 0.1) is 17.2 Å². The van der Waals surface area contributed by atoms with E-state index >= 15 is 4.39 Å². The molecule has 2 aliphatic rings. The molecule has 1 fully saturated rings. The second-order valence-corrected chi connectivity index (χ2v) is 13.0. The Kier molecular flexibility index (Phi) is 8.70. The lowest BCUT2D eigenvalue weighted by Gasteiger charge is -2.35. The average molecular weight is 663 g/mol. The lowest BCUT2D eigenvalue weighted by atomic mass is 9.72. The third-order valence-electron chi connectivity index (χ3n) is 8.98. The van der Waals surface area contributed by atoms with E-state index in [1.165, 1.54) is 24.0 Å². The molecule has 5 rings (SSSR count). The van der Waals surface area contributed by atoms with Crippen molar-refractivity contribution in [3.8, 4) is 11.1 Å². The number of carbonyl (C=O) groups is 2. The number of benzene rings is 3. The summed E-state index contributed by atoms with van der Waals surface area (Å²) in [5.74, 6) is -1.10. The Balaban J connectivity index is 1.52. The van der Waals surface area contributed by atoms with Crippen LogP contribution in [0.5, 0.6) is 0 Å². The number of amides is 2. The Morgan fingerprint density at radius 3 is 2.17 bits per heavy atom. The van der Waals surface area contributed by atoms with Crippen LogP contribution in [0.2, 0.25) is 0 Å². The molecular formula is C35H33F7N2O3. The second-order valence-electron chi connectivity index (χ2n) is 13.0. The number of nitrogens with two attached hydrogens (primary N) is 1. The summed E-state index contributed by atoms with van der Waals surface area (Å²) >= 11 is 0. The van der Waals surface area contributed by atoms with Crippen molar-refractivity contribution in [3.63, 3.8) is 0 Å². The van der Waals surface area contributed by atoms with Crippen LogP contribution in [0.4, 0.5) is 35.5 Å². The largest absolute Gasteiger partial charge is 0.439 e. The van der Waals surface area contributed by atoms with Crippen LogP contribution < -0.4 is 5.73 Å². The molecule has 1 saturated heterocycles. The summed E-state index contributed by atoms with van der Waals surface area (Å²) in [6, 6.07) is 9.69. The molecule has 47 heavy (non-hydrogen) atoms. The predicted molar refractivity (Wildman–Crippen MR) is 161 cm³/mol. The van der Waals surface area contributed by atoms with Gasteiger partial charge in [0.1, 0.15) is 11.9 Å². The Morgan fingerprint density at radius 1 is 0.957 bits per heavy atom. The van der Waals surface area contributed by atoms with Crippen molar-refractivity contribution >= 4 is 17.6 Å². The van der Waals surface area contributed by atoms with Crippen LogP contribution in [0, 0.1) is 18.2 Å². The number of hydrogen-bond donors (Lipinski definition) is 1. The summed E-state index contributed by atoms with van der Waals surface area (Å²) < 4.78 is 102. The van der Waals surface area contributed by atoms with Crippen molar-refractivity contribution < 1.29 is 45.1 Å². The lowest BCUT2D eigenvalue weighted by molar-refractivity contribution is -0.143. The number of ether oxygens (including phenoxy) is 1. The highest BCUT2D eigenvalue weighted by Crippen LogP contribution is 2.46. The van der Waals surface area contributed by atoms with E-state index in [-0.39, 0.29) is 23.6 Å². The number of cyclic esters (lactones) is 1. The number of alkyl halides is 6. The van der Waals surface area contributed by atoms with Crippen LogP contribution in [0.15, 0.2) is 60.2 Å². The van der Waals surface area contributed by atoms with Crippen LogP contribution in [-0.4, -0.2) is 29.5 Å². The van der Waals surface area contributed by atoms with Gasteiger partial charge in [-0.3, -0.25) is 9.69 Å². The Labute approximate surface area is 267 Å². The molecule has 3 aromatic carbocycles. The van der Waals surface area contributed by atoms with Crippen LogP contribution in [0.3, 0.4) is 0 Å². The van der Waals surface area contributed by atoms with Crippen molar-refractivity contribution in [1.82, 2.24) is 4.90 Å². The average Bonchev–Trinajstić information content (AvgIpc) is 3.24. The Morgan fingerprint density at radius 2 is 1.60 bits per heavy atom. The maximum absolute atomic E-state index is 15.2.